The number of phenolic OH excluding ortho intramolecular Hbond substituents is 1. The lowest BCUT2D eigenvalue weighted by Crippen LogP contribution is -2.13. The number of hydrogen-bond donors (Lipinski definition) is 1. The first-order valence-electron chi connectivity index (χ1n) is 10.9. The third-order valence-corrected chi connectivity index (χ3v) is 6.25. The molecule has 0 spiro atoms. The smallest absolute Gasteiger partial charge is 0.115 e. The second-order valence-corrected chi connectivity index (χ2v) is 8.25. The predicted molar refractivity (Wildman–Crippen MR) is 125 cm³/mol. The molecule has 3 aromatic rings. The summed E-state index contributed by atoms with van der Waals surface area (Å²) >= 11 is 0. The van der Waals surface area contributed by atoms with Crippen LogP contribution in [0.5, 0.6) is 5.75 Å². The van der Waals surface area contributed by atoms with Crippen molar-refractivity contribution in [3.63, 3.8) is 0 Å². The molecule has 5 rings (SSSR count). The number of aromatic hydroxyl groups is 1. The number of aryl methyl sites for hydroxylation is 2. The van der Waals surface area contributed by atoms with Gasteiger partial charge < -0.3 is 10.0 Å². The minimum Gasteiger partial charge on any atom is -0.508 e. The van der Waals surface area contributed by atoms with Crippen LogP contribution in [-0.4, -0.2) is 5.11 Å². The summed E-state index contributed by atoms with van der Waals surface area (Å²) in [5.74, 6) is 0.296. The first-order valence-corrected chi connectivity index (χ1v) is 10.9. The van der Waals surface area contributed by atoms with E-state index in [1.54, 1.807) is 12.1 Å². The molecule has 0 unspecified atom stereocenters. The van der Waals surface area contributed by atoms with Crippen LogP contribution < -0.4 is 4.90 Å². The Kier molecular flexibility index (Phi) is 5.15. The fraction of sp³-hybridized carbons (Fsp3) is 0.214. The molecule has 3 aromatic carbocycles. The average molecular weight is 394 g/mol. The highest BCUT2D eigenvalue weighted by atomic mass is 16.3. The first-order chi connectivity index (χ1) is 14.8. The van der Waals surface area contributed by atoms with Crippen molar-refractivity contribution in [1.29, 1.82) is 0 Å². The first kappa shape index (κ1) is 18.7. The summed E-state index contributed by atoms with van der Waals surface area (Å²) < 4.78 is 0. The molecule has 0 aliphatic heterocycles. The third-order valence-electron chi connectivity index (χ3n) is 6.25. The van der Waals surface area contributed by atoms with E-state index < -0.39 is 0 Å². The molecule has 0 radical (unpaired) electrons. The molecule has 0 aromatic heterocycles. The molecule has 2 aliphatic carbocycles. The number of hydrogen-bond acceptors (Lipinski definition) is 2. The van der Waals surface area contributed by atoms with E-state index in [-0.39, 0.29) is 0 Å². The van der Waals surface area contributed by atoms with Crippen molar-refractivity contribution in [3.05, 3.63) is 107 Å². The fourth-order valence-corrected chi connectivity index (χ4v) is 4.73. The highest BCUT2D eigenvalue weighted by molar-refractivity contribution is 5.77. The van der Waals surface area contributed by atoms with Crippen LogP contribution in [0, 0.1) is 0 Å². The van der Waals surface area contributed by atoms with Gasteiger partial charge in [0.25, 0.3) is 0 Å². The lowest BCUT2D eigenvalue weighted by molar-refractivity contribution is 0.475. The molecule has 0 saturated heterocycles. The van der Waals surface area contributed by atoms with E-state index in [4.69, 9.17) is 0 Å². The van der Waals surface area contributed by atoms with Gasteiger partial charge in [-0.3, -0.25) is 0 Å². The number of allylic oxidation sites excluding steroid dienone is 2. The van der Waals surface area contributed by atoms with Crippen LogP contribution in [0.3, 0.4) is 0 Å². The normalized spacial score (nSPS) is 18.1. The van der Waals surface area contributed by atoms with Crippen molar-refractivity contribution >= 4 is 16.8 Å². The lowest BCUT2D eigenvalue weighted by Gasteiger charge is -2.26. The van der Waals surface area contributed by atoms with Crippen molar-refractivity contribution in [2.75, 3.05) is 4.90 Å². The highest BCUT2D eigenvalue weighted by Gasteiger charge is 2.17. The second kappa shape index (κ2) is 8.23. The van der Waals surface area contributed by atoms with Gasteiger partial charge in [-0.1, -0.05) is 48.5 Å². The standard InChI is InChI=1S/C28H27NO/c30-26-17-15-25(16-18-26)29(19-23-11-5-9-21-7-1-3-13-27(21)23)20-24-12-6-10-22-8-2-4-14-28(22)24/h1-4,7-8,13-20,30H,5-6,9-12H2/b23-19+,24-20+. The zero-order valence-corrected chi connectivity index (χ0v) is 17.2. The zero-order valence-electron chi connectivity index (χ0n) is 17.2. The summed E-state index contributed by atoms with van der Waals surface area (Å²) in [7, 11) is 0. The Balaban J connectivity index is 1.61. The third kappa shape index (κ3) is 3.78. The van der Waals surface area contributed by atoms with Crippen LogP contribution in [-0.2, 0) is 12.8 Å². The van der Waals surface area contributed by atoms with Gasteiger partial charge in [0.2, 0.25) is 0 Å². The molecule has 2 nitrogen and oxygen atoms in total. The summed E-state index contributed by atoms with van der Waals surface area (Å²) in [6.07, 6.45) is 11.5. The van der Waals surface area contributed by atoms with Gasteiger partial charge in [-0.15, -0.1) is 0 Å². The lowest BCUT2D eigenvalue weighted by atomic mass is 9.87. The number of nitrogens with zero attached hydrogens (tertiary/aromatic N) is 1. The Morgan fingerprint density at radius 1 is 0.600 bits per heavy atom. The minimum atomic E-state index is 0.296. The maximum Gasteiger partial charge on any atom is 0.115 e. The second-order valence-electron chi connectivity index (χ2n) is 8.25. The van der Waals surface area contributed by atoms with Gasteiger partial charge in [0.15, 0.2) is 0 Å². The maximum absolute atomic E-state index is 9.79. The molecule has 30 heavy (non-hydrogen) atoms. The highest BCUT2D eigenvalue weighted by Crippen LogP contribution is 2.35. The van der Waals surface area contributed by atoms with Crippen LogP contribution in [0.1, 0.15) is 47.9 Å². The van der Waals surface area contributed by atoms with E-state index in [1.807, 2.05) is 12.1 Å². The zero-order chi connectivity index (χ0) is 20.3. The van der Waals surface area contributed by atoms with Crippen LogP contribution in [0.2, 0.25) is 0 Å². The molecular formula is C28H27NO. The molecule has 2 heteroatoms. The topological polar surface area (TPSA) is 23.5 Å². The number of rotatable bonds is 3. The average Bonchev–Trinajstić information content (AvgIpc) is 2.80. The summed E-state index contributed by atoms with van der Waals surface area (Å²) in [5.41, 5.74) is 9.45. The number of benzene rings is 3. The van der Waals surface area contributed by atoms with Crippen molar-refractivity contribution < 1.29 is 5.11 Å². The van der Waals surface area contributed by atoms with Gasteiger partial charge >= 0.3 is 0 Å². The Hall–Kier alpha value is -3.26. The Morgan fingerprint density at radius 2 is 1.10 bits per heavy atom. The van der Waals surface area contributed by atoms with E-state index in [0.29, 0.717) is 5.75 Å². The van der Waals surface area contributed by atoms with Crippen molar-refractivity contribution in [2.24, 2.45) is 0 Å². The monoisotopic (exact) mass is 393 g/mol. The predicted octanol–water partition coefficient (Wildman–Crippen LogP) is 6.95. The van der Waals surface area contributed by atoms with E-state index >= 15 is 0 Å². The SMILES string of the molecule is Oc1ccc(N(/C=C2\CCCc3ccccc32)/C=C2\CCCc3ccccc32)cc1. The summed E-state index contributed by atoms with van der Waals surface area (Å²) in [5, 5.41) is 9.79. The molecule has 0 fully saturated rings. The van der Waals surface area contributed by atoms with Gasteiger partial charge in [-0.05, 0) is 96.2 Å². The van der Waals surface area contributed by atoms with E-state index in [0.717, 1.165) is 31.4 Å². The van der Waals surface area contributed by atoms with Gasteiger partial charge in [0.05, 0.1) is 0 Å². The quantitative estimate of drug-likeness (QED) is 0.520. The van der Waals surface area contributed by atoms with E-state index in [1.165, 1.54) is 46.2 Å². The molecule has 150 valence electrons. The Morgan fingerprint density at radius 3 is 1.63 bits per heavy atom. The van der Waals surface area contributed by atoms with E-state index in [2.05, 4.69) is 65.8 Å². The molecule has 0 heterocycles. The Labute approximate surface area is 178 Å². The van der Waals surface area contributed by atoms with Crippen LogP contribution >= 0.6 is 0 Å². The van der Waals surface area contributed by atoms with Crippen molar-refractivity contribution in [3.8, 4) is 5.75 Å². The van der Waals surface area contributed by atoms with Gasteiger partial charge in [-0.25, -0.2) is 0 Å². The molecule has 0 atom stereocenters. The molecule has 1 N–H and O–H groups in total. The molecule has 0 bridgehead atoms. The van der Waals surface area contributed by atoms with Gasteiger partial charge in [-0.2, -0.15) is 0 Å². The van der Waals surface area contributed by atoms with Crippen LogP contribution in [0.15, 0.2) is 85.2 Å². The van der Waals surface area contributed by atoms with Gasteiger partial charge in [0, 0.05) is 18.1 Å². The summed E-state index contributed by atoms with van der Waals surface area (Å²) in [6, 6.07) is 25.1. The van der Waals surface area contributed by atoms with Gasteiger partial charge in [0.1, 0.15) is 5.75 Å². The summed E-state index contributed by atoms with van der Waals surface area (Å²) in [4.78, 5) is 2.26. The minimum absolute atomic E-state index is 0.296. The summed E-state index contributed by atoms with van der Waals surface area (Å²) in [6.45, 7) is 0. The fourth-order valence-electron chi connectivity index (χ4n) is 4.73. The van der Waals surface area contributed by atoms with Crippen LogP contribution in [0.4, 0.5) is 5.69 Å². The number of anilines is 1. The number of phenols is 1. The maximum atomic E-state index is 9.79. The van der Waals surface area contributed by atoms with Crippen molar-refractivity contribution in [1.82, 2.24) is 0 Å². The van der Waals surface area contributed by atoms with Crippen molar-refractivity contribution in [2.45, 2.75) is 38.5 Å². The number of fused-ring (bicyclic) bond motifs is 2. The molecule has 0 saturated carbocycles. The largest absolute Gasteiger partial charge is 0.508 e. The molecule has 0 amide bonds. The Bertz CT molecular complexity index is 1040. The van der Waals surface area contributed by atoms with E-state index in [9.17, 15) is 5.11 Å². The molecular weight excluding hydrogens is 366 g/mol. The molecule has 2 aliphatic rings. The van der Waals surface area contributed by atoms with Crippen LogP contribution in [0.25, 0.3) is 11.1 Å².